The molecule has 0 aliphatic heterocycles. The number of para-hydroxylation sites is 1. The Balaban J connectivity index is 1.54. The van der Waals surface area contributed by atoms with Crippen molar-refractivity contribution >= 4 is 5.91 Å². The van der Waals surface area contributed by atoms with Gasteiger partial charge in [0.25, 0.3) is 0 Å². The van der Waals surface area contributed by atoms with Crippen LogP contribution in [0.15, 0.2) is 48.5 Å². The van der Waals surface area contributed by atoms with Crippen molar-refractivity contribution < 1.29 is 14.3 Å². The van der Waals surface area contributed by atoms with Gasteiger partial charge < -0.3 is 14.8 Å². The first kappa shape index (κ1) is 24.7. The second-order valence-electron chi connectivity index (χ2n) is 9.34. The first-order chi connectivity index (χ1) is 17.0. The Bertz CT molecular complexity index is 1090. The number of carbonyl (C=O) groups excluding carboxylic acids is 1. The summed E-state index contributed by atoms with van der Waals surface area (Å²) < 4.78 is 13.1. The van der Waals surface area contributed by atoms with Gasteiger partial charge in [0, 0.05) is 12.1 Å². The molecule has 1 aliphatic rings. The molecule has 1 amide bonds. The van der Waals surface area contributed by atoms with E-state index in [0.717, 1.165) is 29.2 Å². The molecule has 2 N–H and O–H groups in total. The SMILES string of the molecule is COc1ccccc1Cn1nnnc1C(NCC(=O)NCC1CC1)c1ccc(OCC(C)C)cc1. The standard InChI is InChI=1S/C26H34N6O3/c1-18(2)17-35-22-12-10-20(11-13-22)25(28-15-24(33)27-14-19-8-9-19)26-29-30-31-32(26)16-21-6-4-5-7-23(21)34-3/h4-7,10-13,18-19,25,28H,8-9,14-17H2,1-3H3,(H,27,33). The van der Waals surface area contributed by atoms with Crippen LogP contribution in [0.1, 0.15) is 49.7 Å². The lowest BCUT2D eigenvalue weighted by molar-refractivity contribution is -0.120. The number of nitrogens with one attached hydrogen (secondary N) is 2. The lowest BCUT2D eigenvalue weighted by Gasteiger charge is -2.19. The average molecular weight is 479 g/mol. The molecule has 35 heavy (non-hydrogen) atoms. The highest BCUT2D eigenvalue weighted by molar-refractivity contribution is 5.78. The quantitative estimate of drug-likeness (QED) is 0.389. The number of tetrazole rings is 1. The number of amides is 1. The Morgan fingerprint density at radius 3 is 2.63 bits per heavy atom. The van der Waals surface area contributed by atoms with Crippen molar-refractivity contribution in [2.45, 2.75) is 39.3 Å². The molecule has 1 atom stereocenters. The van der Waals surface area contributed by atoms with E-state index in [-0.39, 0.29) is 18.5 Å². The van der Waals surface area contributed by atoms with Crippen LogP contribution >= 0.6 is 0 Å². The smallest absolute Gasteiger partial charge is 0.233 e. The Morgan fingerprint density at radius 1 is 1.14 bits per heavy atom. The number of benzene rings is 2. The fourth-order valence-corrected chi connectivity index (χ4v) is 3.74. The maximum Gasteiger partial charge on any atom is 0.233 e. The Kier molecular flexibility index (Phi) is 8.31. The summed E-state index contributed by atoms with van der Waals surface area (Å²) in [6.45, 7) is 6.21. The number of hydrogen-bond donors (Lipinski definition) is 2. The van der Waals surface area contributed by atoms with Gasteiger partial charge in [0.05, 0.1) is 32.8 Å². The molecule has 1 aliphatic carbocycles. The molecule has 1 unspecified atom stereocenters. The first-order valence-electron chi connectivity index (χ1n) is 12.1. The highest BCUT2D eigenvalue weighted by Crippen LogP contribution is 2.27. The number of carbonyl (C=O) groups is 1. The van der Waals surface area contributed by atoms with Crippen LogP contribution in [-0.2, 0) is 11.3 Å². The van der Waals surface area contributed by atoms with Gasteiger partial charge in [0.1, 0.15) is 11.5 Å². The van der Waals surface area contributed by atoms with Crippen LogP contribution in [0, 0.1) is 11.8 Å². The molecular formula is C26H34N6O3. The van der Waals surface area contributed by atoms with E-state index in [1.54, 1.807) is 11.8 Å². The monoisotopic (exact) mass is 478 g/mol. The summed E-state index contributed by atoms with van der Waals surface area (Å²) in [7, 11) is 1.65. The maximum atomic E-state index is 12.5. The summed E-state index contributed by atoms with van der Waals surface area (Å²) in [5.41, 5.74) is 1.90. The highest BCUT2D eigenvalue weighted by Gasteiger charge is 2.24. The van der Waals surface area contributed by atoms with Gasteiger partial charge in [-0.05, 0) is 58.9 Å². The number of aromatic nitrogens is 4. The molecule has 186 valence electrons. The van der Waals surface area contributed by atoms with Gasteiger partial charge in [0.15, 0.2) is 5.82 Å². The maximum absolute atomic E-state index is 12.5. The average Bonchev–Trinajstić information content (AvgIpc) is 3.60. The highest BCUT2D eigenvalue weighted by atomic mass is 16.5. The van der Waals surface area contributed by atoms with Crippen molar-refractivity contribution in [2.24, 2.45) is 11.8 Å². The molecule has 3 aromatic rings. The van der Waals surface area contributed by atoms with Crippen LogP contribution in [-0.4, -0.2) is 52.9 Å². The van der Waals surface area contributed by atoms with Gasteiger partial charge in [-0.15, -0.1) is 5.10 Å². The van der Waals surface area contributed by atoms with E-state index in [1.807, 2.05) is 48.5 Å². The summed E-state index contributed by atoms with van der Waals surface area (Å²) in [6, 6.07) is 15.2. The van der Waals surface area contributed by atoms with E-state index >= 15 is 0 Å². The fourth-order valence-electron chi connectivity index (χ4n) is 3.74. The minimum Gasteiger partial charge on any atom is -0.496 e. The molecule has 0 spiro atoms. The molecule has 9 heteroatoms. The van der Waals surface area contributed by atoms with Gasteiger partial charge in [-0.1, -0.05) is 44.2 Å². The lowest BCUT2D eigenvalue weighted by atomic mass is 10.1. The van der Waals surface area contributed by atoms with Crippen LogP contribution in [0.4, 0.5) is 0 Å². The molecule has 0 radical (unpaired) electrons. The zero-order valence-corrected chi connectivity index (χ0v) is 20.6. The summed E-state index contributed by atoms with van der Waals surface area (Å²) in [6.07, 6.45) is 2.39. The molecule has 4 rings (SSSR count). The van der Waals surface area contributed by atoms with E-state index in [0.29, 0.717) is 30.8 Å². The van der Waals surface area contributed by atoms with Crippen LogP contribution < -0.4 is 20.1 Å². The third kappa shape index (κ3) is 7.02. The topological polar surface area (TPSA) is 103 Å². The number of nitrogens with zero attached hydrogens (tertiary/aromatic N) is 4. The minimum atomic E-state index is -0.384. The van der Waals surface area contributed by atoms with Gasteiger partial charge in [-0.25, -0.2) is 4.68 Å². The zero-order valence-electron chi connectivity index (χ0n) is 20.6. The third-order valence-corrected chi connectivity index (χ3v) is 5.88. The van der Waals surface area contributed by atoms with Crippen LogP contribution in [0.2, 0.25) is 0 Å². The van der Waals surface area contributed by atoms with E-state index in [1.165, 1.54) is 12.8 Å². The largest absolute Gasteiger partial charge is 0.496 e. The predicted octanol–water partition coefficient (Wildman–Crippen LogP) is 2.97. The van der Waals surface area contributed by atoms with Crippen molar-refractivity contribution in [2.75, 3.05) is 26.8 Å². The Hall–Kier alpha value is -3.46. The predicted molar refractivity (Wildman–Crippen MR) is 132 cm³/mol. The normalized spacial score (nSPS) is 14.1. The Morgan fingerprint density at radius 2 is 1.91 bits per heavy atom. The van der Waals surface area contributed by atoms with Crippen molar-refractivity contribution in [3.63, 3.8) is 0 Å². The van der Waals surface area contributed by atoms with Gasteiger partial charge in [0.2, 0.25) is 5.91 Å². The van der Waals surface area contributed by atoms with Crippen molar-refractivity contribution in [1.82, 2.24) is 30.8 Å². The molecule has 2 aromatic carbocycles. The first-order valence-corrected chi connectivity index (χ1v) is 12.1. The van der Waals surface area contributed by atoms with Crippen molar-refractivity contribution in [3.05, 3.63) is 65.5 Å². The zero-order chi connectivity index (χ0) is 24.6. The fraction of sp³-hybridized carbons (Fsp3) is 0.462. The summed E-state index contributed by atoms with van der Waals surface area (Å²) >= 11 is 0. The minimum absolute atomic E-state index is 0.0393. The Labute approximate surface area is 206 Å². The van der Waals surface area contributed by atoms with Gasteiger partial charge in [-0.2, -0.15) is 0 Å². The molecular weight excluding hydrogens is 444 g/mol. The molecule has 9 nitrogen and oxygen atoms in total. The summed E-state index contributed by atoms with van der Waals surface area (Å²) in [5.74, 6) is 3.21. The molecule has 0 saturated heterocycles. The number of hydrogen-bond acceptors (Lipinski definition) is 7. The van der Waals surface area contributed by atoms with E-state index in [4.69, 9.17) is 9.47 Å². The van der Waals surface area contributed by atoms with E-state index in [2.05, 4.69) is 40.0 Å². The summed E-state index contributed by atoms with van der Waals surface area (Å²) in [5, 5.41) is 18.9. The molecule has 1 heterocycles. The second-order valence-corrected chi connectivity index (χ2v) is 9.34. The van der Waals surface area contributed by atoms with Crippen molar-refractivity contribution in [3.8, 4) is 11.5 Å². The molecule has 1 aromatic heterocycles. The van der Waals surface area contributed by atoms with Crippen molar-refractivity contribution in [1.29, 1.82) is 0 Å². The third-order valence-electron chi connectivity index (χ3n) is 5.88. The second kappa shape index (κ2) is 11.8. The van der Waals surface area contributed by atoms with Crippen LogP contribution in [0.3, 0.4) is 0 Å². The van der Waals surface area contributed by atoms with Gasteiger partial charge in [-0.3, -0.25) is 10.1 Å². The summed E-state index contributed by atoms with van der Waals surface area (Å²) in [4.78, 5) is 12.5. The van der Waals surface area contributed by atoms with E-state index < -0.39 is 0 Å². The van der Waals surface area contributed by atoms with Gasteiger partial charge >= 0.3 is 0 Å². The molecule has 0 bridgehead atoms. The number of rotatable bonds is 13. The molecule has 1 saturated carbocycles. The lowest BCUT2D eigenvalue weighted by Crippen LogP contribution is -2.37. The van der Waals surface area contributed by atoms with Crippen LogP contribution in [0.25, 0.3) is 0 Å². The van der Waals surface area contributed by atoms with E-state index in [9.17, 15) is 4.79 Å². The number of methoxy groups -OCH3 is 1. The van der Waals surface area contributed by atoms with Crippen LogP contribution in [0.5, 0.6) is 11.5 Å². The number of ether oxygens (including phenoxy) is 2. The molecule has 1 fully saturated rings.